The molecule has 1 saturated heterocycles. The fourth-order valence-electron chi connectivity index (χ4n) is 4.53. The van der Waals surface area contributed by atoms with Crippen LogP contribution in [0.25, 0.3) is 5.76 Å². The van der Waals surface area contributed by atoms with E-state index in [4.69, 9.17) is 16.3 Å². The van der Waals surface area contributed by atoms with Crippen molar-refractivity contribution in [2.75, 3.05) is 12.0 Å². The molecule has 0 saturated carbocycles. The molecule has 1 unspecified atom stereocenters. The number of aryl methyl sites for hydroxylation is 4. The number of nitrogens with zero attached hydrogens (tertiary/aromatic N) is 1. The molecule has 0 spiro atoms. The molecule has 1 heterocycles. The van der Waals surface area contributed by atoms with Gasteiger partial charge in [-0.3, -0.25) is 14.5 Å². The minimum Gasteiger partial charge on any atom is -0.507 e. The van der Waals surface area contributed by atoms with Gasteiger partial charge >= 0.3 is 0 Å². The van der Waals surface area contributed by atoms with Crippen LogP contribution in [0.2, 0.25) is 5.02 Å². The molecule has 3 aromatic rings. The van der Waals surface area contributed by atoms with E-state index in [2.05, 4.69) is 0 Å². The maximum atomic E-state index is 13.4. The third-order valence-corrected chi connectivity index (χ3v) is 6.68. The molecule has 35 heavy (non-hydrogen) atoms. The van der Waals surface area contributed by atoms with Crippen LogP contribution in [0.4, 0.5) is 5.69 Å². The maximum absolute atomic E-state index is 13.4. The van der Waals surface area contributed by atoms with Crippen molar-refractivity contribution in [3.63, 3.8) is 0 Å². The number of rotatable bonds is 4. The fourth-order valence-corrected chi connectivity index (χ4v) is 4.72. The molecule has 0 aliphatic carbocycles. The van der Waals surface area contributed by atoms with Gasteiger partial charge in [0.05, 0.1) is 29.3 Å². The Hall–Kier alpha value is -3.77. The lowest BCUT2D eigenvalue weighted by Crippen LogP contribution is -2.29. The van der Waals surface area contributed by atoms with Gasteiger partial charge in [-0.25, -0.2) is 0 Å². The maximum Gasteiger partial charge on any atom is 0.300 e. The molecule has 3 aromatic carbocycles. The first-order chi connectivity index (χ1) is 16.5. The third-order valence-electron chi connectivity index (χ3n) is 6.38. The Morgan fingerprint density at radius 3 is 2.29 bits per heavy atom. The Bertz CT molecular complexity index is 1410. The number of halogens is 1. The largest absolute Gasteiger partial charge is 0.507 e. The summed E-state index contributed by atoms with van der Waals surface area (Å²) in [5, 5.41) is 21.5. The van der Waals surface area contributed by atoms with Crippen LogP contribution < -0.4 is 9.64 Å². The van der Waals surface area contributed by atoms with Crippen LogP contribution >= 0.6 is 11.6 Å². The number of carbonyl (C=O) groups is 2. The molecule has 6 nitrogen and oxygen atoms in total. The first-order valence-electron chi connectivity index (χ1n) is 11.1. The van der Waals surface area contributed by atoms with Crippen molar-refractivity contribution in [2.24, 2.45) is 0 Å². The van der Waals surface area contributed by atoms with E-state index >= 15 is 0 Å². The molecule has 2 N–H and O–H groups in total. The van der Waals surface area contributed by atoms with Gasteiger partial charge in [-0.15, -0.1) is 0 Å². The summed E-state index contributed by atoms with van der Waals surface area (Å²) in [6, 6.07) is 12.6. The molecule has 1 aliphatic heterocycles. The highest BCUT2D eigenvalue weighted by atomic mass is 35.5. The number of Topliss-reactive ketones (excluding diaryl/α,β-unsaturated/α-hetero) is 1. The second-order valence-corrected chi connectivity index (χ2v) is 9.22. The van der Waals surface area contributed by atoms with E-state index in [1.165, 1.54) is 24.1 Å². The van der Waals surface area contributed by atoms with Gasteiger partial charge in [-0.2, -0.15) is 0 Å². The average Bonchev–Trinajstić information content (AvgIpc) is 3.07. The molecule has 180 valence electrons. The Morgan fingerprint density at radius 2 is 1.66 bits per heavy atom. The zero-order chi connectivity index (χ0) is 25.6. The number of phenols is 1. The van der Waals surface area contributed by atoms with Crippen LogP contribution in [-0.2, 0) is 9.59 Å². The second kappa shape index (κ2) is 9.12. The number of aliphatic hydroxyl groups excluding tert-OH is 1. The highest BCUT2D eigenvalue weighted by Crippen LogP contribution is 2.45. The number of aromatic hydroxyl groups is 1. The number of hydrogen-bond acceptors (Lipinski definition) is 5. The smallest absolute Gasteiger partial charge is 0.300 e. The topological polar surface area (TPSA) is 87.1 Å². The zero-order valence-electron chi connectivity index (χ0n) is 20.1. The predicted molar refractivity (Wildman–Crippen MR) is 136 cm³/mol. The molecule has 1 amide bonds. The number of carbonyl (C=O) groups excluding carboxylic acids is 2. The molecule has 0 bridgehead atoms. The first kappa shape index (κ1) is 24.4. The number of ketones is 1. The van der Waals surface area contributed by atoms with E-state index in [0.717, 1.165) is 22.3 Å². The van der Waals surface area contributed by atoms with Crippen molar-refractivity contribution in [1.29, 1.82) is 0 Å². The van der Waals surface area contributed by atoms with Crippen LogP contribution in [0.15, 0.2) is 54.1 Å². The van der Waals surface area contributed by atoms with Crippen molar-refractivity contribution in [1.82, 2.24) is 0 Å². The van der Waals surface area contributed by atoms with Gasteiger partial charge in [0.15, 0.2) is 0 Å². The van der Waals surface area contributed by atoms with Crippen molar-refractivity contribution in [3.8, 4) is 11.5 Å². The van der Waals surface area contributed by atoms with Gasteiger partial charge in [0, 0.05) is 5.69 Å². The Balaban J connectivity index is 2.03. The van der Waals surface area contributed by atoms with Crippen LogP contribution in [0.5, 0.6) is 11.5 Å². The Kier molecular flexibility index (Phi) is 6.34. The zero-order valence-corrected chi connectivity index (χ0v) is 20.9. The monoisotopic (exact) mass is 491 g/mol. The summed E-state index contributed by atoms with van der Waals surface area (Å²) in [6.07, 6.45) is 0. The summed E-state index contributed by atoms with van der Waals surface area (Å²) in [5.41, 5.74) is 4.83. The summed E-state index contributed by atoms with van der Waals surface area (Å²) in [5.74, 6) is -1.65. The molecule has 1 atom stereocenters. The second-order valence-electron chi connectivity index (χ2n) is 8.81. The number of phenolic OH excluding ortho intramolecular Hbond substituents is 1. The van der Waals surface area contributed by atoms with Gasteiger partial charge in [0.1, 0.15) is 17.3 Å². The van der Waals surface area contributed by atoms with Crippen molar-refractivity contribution in [3.05, 3.63) is 92.5 Å². The molecule has 0 radical (unpaired) electrons. The minimum absolute atomic E-state index is 0.0668. The van der Waals surface area contributed by atoms with Gasteiger partial charge in [-0.1, -0.05) is 29.8 Å². The van der Waals surface area contributed by atoms with Crippen molar-refractivity contribution >= 4 is 34.7 Å². The number of aliphatic hydroxyl groups is 1. The standard InChI is InChI=1S/C28H26ClNO5/c1-14-10-17(4)27(35-5)20(11-14)25(32)23-24(18-7-9-22(31)21(29)13-18)30(28(34)26(23)33)19-8-6-15(2)16(3)12-19/h6-13,24,31-32H,1-5H3/b25-23+. The molecular weight excluding hydrogens is 466 g/mol. The number of ether oxygens (including phenoxy) is 1. The highest BCUT2D eigenvalue weighted by molar-refractivity contribution is 6.51. The molecule has 7 heteroatoms. The van der Waals surface area contributed by atoms with Crippen molar-refractivity contribution < 1.29 is 24.5 Å². The third kappa shape index (κ3) is 4.15. The summed E-state index contributed by atoms with van der Waals surface area (Å²) >= 11 is 6.20. The van der Waals surface area contributed by atoms with Gasteiger partial charge < -0.3 is 14.9 Å². The van der Waals surface area contributed by atoms with Crippen LogP contribution in [0.1, 0.15) is 39.4 Å². The lowest BCUT2D eigenvalue weighted by molar-refractivity contribution is -0.132. The Morgan fingerprint density at radius 1 is 0.943 bits per heavy atom. The first-order valence-corrected chi connectivity index (χ1v) is 11.4. The van der Waals surface area contributed by atoms with Gasteiger partial charge in [0.2, 0.25) is 0 Å². The number of benzene rings is 3. The molecule has 1 aliphatic rings. The van der Waals surface area contributed by atoms with Crippen molar-refractivity contribution in [2.45, 2.75) is 33.7 Å². The highest BCUT2D eigenvalue weighted by Gasteiger charge is 2.47. The number of amides is 1. The number of methoxy groups -OCH3 is 1. The minimum atomic E-state index is -0.972. The fraction of sp³-hybridized carbons (Fsp3) is 0.214. The summed E-state index contributed by atoms with van der Waals surface area (Å²) in [6.45, 7) is 7.58. The van der Waals surface area contributed by atoms with Gasteiger partial charge in [-0.05, 0) is 85.8 Å². The van der Waals surface area contributed by atoms with Crippen LogP contribution in [-0.4, -0.2) is 29.0 Å². The van der Waals surface area contributed by atoms with E-state index in [1.807, 2.05) is 45.9 Å². The van der Waals surface area contributed by atoms with E-state index in [0.29, 0.717) is 22.6 Å². The normalized spacial score (nSPS) is 17.2. The number of hydrogen-bond donors (Lipinski definition) is 2. The lowest BCUT2D eigenvalue weighted by atomic mass is 9.93. The molecule has 4 rings (SSSR count). The SMILES string of the molecule is COc1c(C)cc(C)cc1/C(O)=C1\C(=O)C(=O)N(c2ccc(C)c(C)c2)C1c1ccc(O)c(Cl)c1. The van der Waals surface area contributed by atoms with Crippen LogP contribution in [0.3, 0.4) is 0 Å². The average molecular weight is 492 g/mol. The molecule has 1 fully saturated rings. The quantitative estimate of drug-likeness (QED) is 0.269. The van der Waals surface area contributed by atoms with Gasteiger partial charge in [0.25, 0.3) is 11.7 Å². The van der Waals surface area contributed by atoms with E-state index in [-0.39, 0.29) is 22.1 Å². The summed E-state index contributed by atoms with van der Waals surface area (Å²) in [4.78, 5) is 28.2. The molecular formula is C28H26ClNO5. The lowest BCUT2D eigenvalue weighted by Gasteiger charge is -2.26. The van der Waals surface area contributed by atoms with E-state index in [9.17, 15) is 19.8 Å². The number of anilines is 1. The summed E-state index contributed by atoms with van der Waals surface area (Å²) in [7, 11) is 1.49. The summed E-state index contributed by atoms with van der Waals surface area (Å²) < 4.78 is 5.53. The van der Waals surface area contributed by atoms with E-state index in [1.54, 1.807) is 18.2 Å². The van der Waals surface area contributed by atoms with E-state index < -0.39 is 17.7 Å². The Labute approximate surface area is 209 Å². The van der Waals surface area contributed by atoms with Crippen LogP contribution in [0, 0.1) is 27.7 Å². The molecule has 0 aromatic heterocycles. The predicted octanol–water partition coefficient (Wildman–Crippen LogP) is 5.91.